The predicted molar refractivity (Wildman–Crippen MR) is 86.3 cm³/mol. The average molecular weight is 389 g/mol. The third-order valence-electron chi connectivity index (χ3n) is 2.70. The molecule has 0 radical (unpaired) electrons. The maximum absolute atomic E-state index is 11.7. The molecule has 0 aliphatic heterocycles. The van der Waals surface area contributed by atoms with E-state index in [1.807, 2.05) is 33.4 Å². The smallest absolute Gasteiger partial charge is 0.376 e. The SMILES string of the molecule is CC(C)CCN(I)CC(=O)C(=O)OCc1ccccc1. The number of carbonyl (C=O) groups excluding carboxylic acids is 2. The Morgan fingerprint density at radius 1 is 1.25 bits per heavy atom. The molecule has 0 heterocycles. The highest BCUT2D eigenvalue weighted by molar-refractivity contribution is 14.1. The fraction of sp³-hybridized carbons (Fsp3) is 0.467. The summed E-state index contributed by atoms with van der Waals surface area (Å²) in [5.41, 5.74) is 0.875. The largest absolute Gasteiger partial charge is 0.455 e. The van der Waals surface area contributed by atoms with E-state index in [0.717, 1.165) is 18.5 Å². The second-order valence-electron chi connectivity index (χ2n) is 5.01. The van der Waals surface area contributed by atoms with Gasteiger partial charge in [-0.2, -0.15) is 0 Å². The Morgan fingerprint density at radius 3 is 2.50 bits per heavy atom. The van der Waals surface area contributed by atoms with Crippen LogP contribution in [0.15, 0.2) is 30.3 Å². The van der Waals surface area contributed by atoms with E-state index >= 15 is 0 Å². The molecule has 110 valence electrons. The Hall–Kier alpha value is -0.950. The lowest BCUT2D eigenvalue weighted by atomic mass is 10.1. The van der Waals surface area contributed by atoms with Gasteiger partial charge in [-0.1, -0.05) is 44.2 Å². The van der Waals surface area contributed by atoms with E-state index in [1.165, 1.54) is 0 Å². The zero-order valence-electron chi connectivity index (χ0n) is 11.8. The first-order valence-electron chi connectivity index (χ1n) is 6.63. The summed E-state index contributed by atoms with van der Waals surface area (Å²) >= 11 is 2.07. The van der Waals surface area contributed by atoms with E-state index in [-0.39, 0.29) is 13.2 Å². The lowest BCUT2D eigenvalue weighted by molar-refractivity contribution is -0.154. The minimum absolute atomic E-state index is 0.0981. The summed E-state index contributed by atoms with van der Waals surface area (Å²) in [6.07, 6.45) is 0.995. The third-order valence-corrected chi connectivity index (χ3v) is 3.53. The summed E-state index contributed by atoms with van der Waals surface area (Å²) in [6.45, 7) is 5.27. The molecule has 0 aliphatic carbocycles. The Bertz CT molecular complexity index is 434. The molecule has 5 heteroatoms. The van der Waals surface area contributed by atoms with Crippen molar-refractivity contribution in [2.24, 2.45) is 5.92 Å². The molecule has 4 nitrogen and oxygen atoms in total. The number of rotatable bonds is 8. The molecule has 1 aromatic carbocycles. The van der Waals surface area contributed by atoms with Crippen molar-refractivity contribution in [1.29, 1.82) is 0 Å². The summed E-state index contributed by atoms with van der Waals surface area (Å²) in [7, 11) is 0. The van der Waals surface area contributed by atoms with Crippen LogP contribution in [0.25, 0.3) is 0 Å². The Balaban J connectivity index is 2.30. The maximum atomic E-state index is 11.7. The first-order valence-corrected chi connectivity index (χ1v) is 7.60. The van der Waals surface area contributed by atoms with Gasteiger partial charge in [0.05, 0.1) is 6.54 Å². The van der Waals surface area contributed by atoms with Gasteiger partial charge in [-0.25, -0.2) is 7.91 Å². The number of Topliss-reactive ketones (excluding diaryl/α,β-unsaturated/α-hetero) is 1. The number of halogens is 1. The summed E-state index contributed by atoms with van der Waals surface area (Å²) in [6, 6.07) is 9.32. The molecule has 0 saturated carbocycles. The minimum Gasteiger partial charge on any atom is -0.455 e. The Kier molecular flexibility index (Phi) is 7.76. The van der Waals surface area contributed by atoms with Gasteiger partial charge >= 0.3 is 5.97 Å². The molecule has 0 unspecified atom stereocenters. The van der Waals surface area contributed by atoms with Crippen molar-refractivity contribution in [2.45, 2.75) is 26.9 Å². The number of ketones is 1. The first kappa shape index (κ1) is 17.1. The predicted octanol–water partition coefficient (Wildman–Crippen LogP) is 3.00. The van der Waals surface area contributed by atoms with E-state index in [1.54, 1.807) is 0 Å². The molecule has 20 heavy (non-hydrogen) atoms. The van der Waals surface area contributed by atoms with Gasteiger partial charge in [0.1, 0.15) is 6.61 Å². The van der Waals surface area contributed by atoms with Crippen molar-refractivity contribution in [3.63, 3.8) is 0 Å². The molecule has 1 aromatic rings. The molecule has 0 saturated heterocycles. The molecule has 0 N–H and O–H groups in total. The van der Waals surface area contributed by atoms with E-state index in [4.69, 9.17) is 4.74 Å². The summed E-state index contributed by atoms with van der Waals surface area (Å²) in [4.78, 5) is 23.3. The zero-order valence-corrected chi connectivity index (χ0v) is 14.0. The van der Waals surface area contributed by atoms with Gasteiger partial charge in [-0.15, -0.1) is 0 Å². The molecule has 1 rings (SSSR count). The van der Waals surface area contributed by atoms with E-state index in [9.17, 15) is 9.59 Å². The van der Waals surface area contributed by atoms with Gasteiger partial charge in [0.2, 0.25) is 0 Å². The van der Waals surface area contributed by atoms with Crippen molar-refractivity contribution in [3.8, 4) is 0 Å². The van der Waals surface area contributed by atoms with Gasteiger partial charge in [-0.3, -0.25) is 4.79 Å². The molecule has 0 amide bonds. The molecular weight excluding hydrogens is 369 g/mol. The van der Waals surface area contributed by atoms with Crippen LogP contribution in [-0.2, 0) is 20.9 Å². The first-order chi connectivity index (χ1) is 9.49. The zero-order chi connectivity index (χ0) is 15.0. The summed E-state index contributed by atoms with van der Waals surface area (Å²) in [5, 5.41) is 0. The molecule has 0 aromatic heterocycles. The van der Waals surface area contributed by atoms with Crippen molar-refractivity contribution >= 4 is 34.6 Å². The number of ether oxygens (including phenoxy) is 1. The lowest BCUT2D eigenvalue weighted by Gasteiger charge is -2.14. The number of esters is 1. The van der Waals surface area contributed by atoms with Crippen LogP contribution < -0.4 is 0 Å². The average Bonchev–Trinajstić information content (AvgIpc) is 2.43. The van der Waals surface area contributed by atoms with Crippen LogP contribution in [0.4, 0.5) is 0 Å². The van der Waals surface area contributed by atoms with Crippen molar-refractivity contribution < 1.29 is 14.3 Å². The number of hydrogen-bond acceptors (Lipinski definition) is 4. The van der Waals surface area contributed by atoms with Crippen LogP contribution in [-0.4, -0.2) is 28.0 Å². The van der Waals surface area contributed by atoms with Gasteiger partial charge in [0.15, 0.2) is 0 Å². The highest BCUT2D eigenvalue weighted by Gasteiger charge is 2.18. The van der Waals surface area contributed by atoms with Gasteiger partial charge in [0.25, 0.3) is 5.78 Å². The molecule has 0 fully saturated rings. The van der Waals surface area contributed by atoms with Crippen LogP contribution in [0, 0.1) is 5.92 Å². The molecule has 0 bridgehead atoms. The third kappa shape index (κ3) is 7.00. The Morgan fingerprint density at radius 2 is 1.90 bits per heavy atom. The molecular formula is C15H20INO3. The fourth-order valence-electron chi connectivity index (χ4n) is 1.50. The standard InChI is InChI=1S/C15H20INO3/c1-12(2)8-9-17(16)10-14(18)15(19)20-11-13-6-4-3-5-7-13/h3-7,12H,8-11H2,1-2H3. The Labute approximate surface area is 134 Å². The minimum atomic E-state index is -0.764. The van der Waals surface area contributed by atoms with E-state index < -0.39 is 11.8 Å². The molecule has 0 atom stereocenters. The van der Waals surface area contributed by atoms with Crippen LogP contribution in [0.3, 0.4) is 0 Å². The van der Waals surface area contributed by atoms with E-state index in [0.29, 0.717) is 5.92 Å². The van der Waals surface area contributed by atoms with Gasteiger partial charge < -0.3 is 4.74 Å². The normalized spacial score (nSPS) is 10.8. The summed E-state index contributed by atoms with van der Waals surface area (Å²) in [5.74, 6) is -0.688. The number of carbonyl (C=O) groups is 2. The summed E-state index contributed by atoms with van der Waals surface area (Å²) < 4.78 is 6.82. The van der Waals surface area contributed by atoms with Crippen LogP contribution >= 0.6 is 22.9 Å². The monoisotopic (exact) mass is 389 g/mol. The van der Waals surface area contributed by atoms with Crippen LogP contribution in [0.1, 0.15) is 25.8 Å². The molecule has 0 spiro atoms. The van der Waals surface area contributed by atoms with Crippen molar-refractivity contribution in [1.82, 2.24) is 3.11 Å². The lowest BCUT2D eigenvalue weighted by Crippen LogP contribution is -2.29. The number of hydrogen-bond donors (Lipinski definition) is 0. The van der Waals surface area contributed by atoms with Crippen LogP contribution in [0.2, 0.25) is 0 Å². The second-order valence-corrected chi connectivity index (χ2v) is 6.38. The van der Waals surface area contributed by atoms with Crippen molar-refractivity contribution in [3.05, 3.63) is 35.9 Å². The number of nitrogens with zero attached hydrogens (tertiary/aromatic N) is 1. The van der Waals surface area contributed by atoms with Gasteiger partial charge in [0, 0.05) is 29.4 Å². The topological polar surface area (TPSA) is 46.6 Å². The van der Waals surface area contributed by atoms with Gasteiger partial charge in [-0.05, 0) is 17.9 Å². The van der Waals surface area contributed by atoms with E-state index in [2.05, 4.69) is 36.7 Å². The number of benzene rings is 1. The maximum Gasteiger partial charge on any atom is 0.376 e. The quantitative estimate of drug-likeness (QED) is 0.297. The highest BCUT2D eigenvalue weighted by Crippen LogP contribution is 2.07. The van der Waals surface area contributed by atoms with Crippen LogP contribution in [0.5, 0.6) is 0 Å². The second kappa shape index (κ2) is 9.07. The molecule has 0 aliphatic rings. The highest BCUT2D eigenvalue weighted by atomic mass is 127. The van der Waals surface area contributed by atoms with Crippen molar-refractivity contribution in [2.75, 3.05) is 13.1 Å². The fourth-order valence-corrected chi connectivity index (χ4v) is 2.09.